The zero-order valence-corrected chi connectivity index (χ0v) is 24.0. The quantitative estimate of drug-likeness (QED) is 0.528. The maximum Gasteiger partial charge on any atom is 0.416 e. The van der Waals surface area contributed by atoms with Crippen molar-refractivity contribution in [1.82, 2.24) is 14.7 Å². The lowest BCUT2D eigenvalue weighted by Crippen LogP contribution is -2.50. The van der Waals surface area contributed by atoms with Crippen LogP contribution in [0.4, 0.5) is 13.2 Å². The number of aliphatic hydroxyl groups is 1. The number of hydrogen-bond donors (Lipinski definition) is 1. The zero-order valence-electron chi connectivity index (χ0n) is 22.4. The zero-order chi connectivity index (χ0) is 29.2. The number of alkyl halides is 3. The van der Waals surface area contributed by atoms with Crippen LogP contribution < -0.4 is 0 Å². The summed E-state index contributed by atoms with van der Waals surface area (Å²) in [6, 6.07) is 5.29. The SMILES string of the molecule is Cc1ccsc1[C@H]1CN(C(=O)C2CCN(C(=O)CO)CC2)CC[C@@H]1C(=O)N(C)Cc1cc(Cl)cc(C(F)(F)F)c1. The lowest BCUT2D eigenvalue weighted by molar-refractivity contribution is -0.145. The molecule has 2 aromatic rings. The van der Waals surface area contributed by atoms with Crippen LogP contribution in [0, 0.1) is 18.8 Å². The Labute approximate surface area is 240 Å². The van der Waals surface area contributed by atoms with E-state index < -0.39 is 24.3 Å². The number of nitrogens with zero attached hydrogens (tertiary/aromatic N) is 3. The summed E-state index contributed by atoms with van der Waals surface area (Å²) >= 11 is 7.48. The van der Waals surface area contributed by atoms with Gasteiger partial charge in [0.15, 0.2) is 0 Å². The highest BCUT2D eigenvalue weighted by Gasteiger charge is 2.41. The summed E-state index contributed by atoms with van der Waals surface area (Å²) in [6.07, 6.45) is -3.07. The molecule has 0 unspecified atom stereocenters. The van der Waals surface area contributed by atoms with E-state index in [9.17, 15) is 27.6 Å². The van der Waals surface area contributed by atoms with E-state index in [0.29, 0.717) is 45.4 Å². The van der Waals surface area contributed by atoms with E-state index >= 15 is 0 Å². The summed E-state index contributed by atoms with van der Waals surface area (Å²) in [6.45, 7) is 3.01. The Morgan fingerprint density at radius 3 is 2.38 bits per heavy atom. The minimum Gasteiger partial charge on any atom is -0.387 e. The smallest absolute Gasteiger partial charge is 0.387 e. The lowest BCUT2D eigenvalue weighted by Gasteiger charge is -2.41. The van der Waals surface area contributed by atoms with Gasteiger partial charge in [0.2, 0.25) is 17.7 Å². The average Bonchev–Trinajstić information content (AvgIpc) is 3.36. The van der Waals surface area contributed by atoms with Gasteiger partial charge in [0.05, 0.1) is 5.56 Å². The van der Waals surface area contributed by atoms with Crippen molar-refractivity contribution >= 4 is 40.7 Å². The van der Waals surface area contributed by atoms with Gasteiger partial charge in [-0.2, -0.15) is 13.2 Å². The largest absolute Gasteiger partial charge is 0.416 e. The van der Waals surface area contributed by atoms with Gasteiger partial charge in [0, 0.05) is 67.4 Å². The number of halogens is 4. The van der Waals surface area contributed by atoms with Crippen molar-refractivity contribution in [2.75, 3.05) is 39.8 Å². The Hall–Kier alpha value is -2.63. The van der Waals surface area contributed by atoms with Gasteiger partial charge in [-0.3, -0.25) is 14.4 Å². The van der Waals surface area contributed by atoms with Gasteiger partial charge in [-0.15, -0.1) is 11.3 Å². The normalized spacial score (nSPS) is 20.5. The van der Waals surface area contributed by atoms with E-state index in [1.54, 1.807) is 11.9 Å². The van der Waals surface area contributed by atoms with Gasteiger partial charge in [0.1, 0.15) is 6.61 Å². The van der Waals surface area contributed by atoms with E-state index in [1.807, 2.05) is 23.3 Å². The highest BCUT2D eigenvalue weighted by molar-refractivity contribution is 7.10. The number of piperidine rings is 2. The summed E-state index contributed by atoms with van der Waals surface area (Å²) < 4.78 is 39.9. The standard InChI is InChI=1S/C28H33ClF3N3O4S/c1-17-6-10-40-25(17)23-15-35(26(38)19-3-7-34(8-4-19)24(37)16-36)9-5-22(23)27(39)33(2)14-18-11-20(28(30,31)32)13-21(29)12-18/h6,10-13,19,22-23,36H,3-5,7-9,14-16H2,1-2H3/t22-,23-/m0/s1. The van der Waals surface area contributed by atoms with Crippen LogP contribution in [0.3, 0.4) is 0 Å². The Kier molecular flexibility index (Phi) is 9.47. The number of hydrogen-bond acceptors (Lipinski definition) is 5. The van der Waals surface area contributed by atoms with Gasteiger partial charge >= 0.3 is 6.18 Å². The number of carbonyl (C=O) groups is 3. The fraction of sp³-hybridized carbons (Fsp3) is 0.536. The highest BCUT2D eigenvalue weighted by atomic mass is 35.5. The second-order valence-electron chi connectivity index (χ2n) is 10.6. The van der Waals surface area contributed by atoms with Crippen molar-refractivity contribution in [3.63, 3.8) is 0 Å². The molecule has 0 saturated carbocycles. The number of carbonyl (C=O) groups excluding carboxylic acids is 3. The molecule has 0 bridgehead atoms. The molecule has 0 spiro atoms. The van der Waals surface area contributed by atoms with E-state index in [4.69, 9.17) is 16.7 Å². The molecule has 2 aliphatic rings. The minimum atomic E-state index is -4.55. The van der Waals surface area contributed by atoms with Crippen molar-refractivity contribution < 1.29 is 32.7 Å². The van der Waals surface area contributed by atoms with Crippen LogP contribution in [0.2, 0.25) is 5.02 Å². The first-order valence-corrected chi connectivity index (χ1v) is 14.5. The Balaban J connectivity index is 1.48. The van der Waals surface area contributed by atoms with Crippen LogP contribution in [-0.2, 0) is 27.1 Å². The van der Waals surface area contributed by atoms with Gasteiger partial charge in [-0.05, 0) is 67.0 Å². The monoisotopic (exact) mass is 599 g/mol. The van der Waals surface area contributed by atoms with E-state index in [2.05, 4.69) is 0 Å². The molecule has 1 aromatic carbocycles. The molecule has 12 heteroatoms. The Bertz CT molecular complexity index is 1250. The predicted octanol–water partition coefficient (Wildman–Crippen LogP) is 4.55. The first-order valence-electron chi connectivity index (χ1n) is 13.2. The van der Waals surface area contributed by atoms with Crippen molar-refractivity contribution in [3.8, 4) is 0 Å². The van der Waals surface area contributed by atoms with Gasteiger partial charge in [-0.25, -0.2) is 0 Å². The molecule has 2 fully saturated rings. The van der Waals surface area contributed by atoms with Crippen LogP contribution in [0.15, 0.2) is 29.6 Å². The predicted molar refractivity (Wildman–Crippen MR) is 146 cm³/mol. The second kappa shape index (κ2) is 12.5. The summed E-state index contributed by atoms with van der Waals surface area (Å²) in [5, 5.41) is 11.0. The average molecular weight is 600 g/mol. The van der Waals surface area contributed by atoms with E-state index in [0.717, 1.165) is 22.6 Å². The molecule has 3 amide bonds. The summed E-state index contributed by atoms with van der Waals surface area (Å²) in [4.78, 5) is 44.8. The third kappa shape index (κ3) is 6.80. The maximum absolute atomic E-state index is 13.7. The molecule has 40 heavy (non-hydrogen) atoms. The van der Waals surface area contributed by atoms with Gasteiger partial charge in [-0.1, -0.05) is 11.6 Å². The van der Waals surface area contributed by atoms with Crippen LogP contribution in [0.5, 0.6) is 0 Å². The fourth-order valence-electron chi connectivity index (χ4n) is 5.75. The van der Waals surface area contributed by atoms with Crippen molar-refractivity contribution in [3.05, 3.63) is 56.2 Å². The van der Waals surface area contributed by atoms with Crippen LogP contribution in [-0.4, -0.2) is 77.4 Å². The fourth-order valence-corrected chi connectivity index (χ4v) is 7.10. The molecule has 4 rings (SSSR count). The number of thiophene rings is 1. The molecule has 3 heterocycles. The topological polar surface area (TPSA) is 81.2 Å². The molecule has 2 atom stereocenters. The molecule has 1 aromatic heterocycles. The lowest BCUT2D eigenvalue weighted by atomic mass is 9.81. The Morgan fingerprint density at radius 1 is 1.10 bits per heavy atom. The third-order valence-electron chi connectivity index (χ3n) is 7.89. The molecule has 1 N–H and O–H groups in total. The molecule has 2 saturated heterocycles. The summed E-state index contributed by atoms with van der Waals surface area (Å²) in [5.41, 5.74) is 0.463. The van der Waals surface area contributed by atoms with Crippen molar-refractivity contribution in [2.24, 2.45) is 11.8 Å². The summed E-state index contributed by atoms with van der Waals surface area (Å²) in [7, 11) is 1.58. The molecule has 0 radical (unpaired) electrons. The third-order valence-corrected chi connectivity index (χ3v) is 9.26. The maximum atomic E-state index is 13.7. The molecule has 218 valence electrons. The highest BCUT2D eigenvalue weighted by Crippen LogP contribution is 2.39. The number of likely N-dealkylation sites (tertiary alicyclic amines) is 2. The second-order valence-corrected chi connectivity index (χ2v) is 12.0. The number of aryl methyl sites for hydroxylation is 1. The molecule has 7 nitrogen and oxygen atoms in total. The first kappa shape index (κ1) is 30.3. The van der Waals surface area contributed by atoms with E-state index in [1.165, 1.54) is 22.3 Å². The van der Waals surface area contributed by atoms with Crippen LogP contribution in [0.25, 0.3) is 0 Å². The van der Waals surface area contributed by atoms with Crippen LogP contribution >= 0.6 is 22.9 Å². The minimum absolute atomic E-state index is 0.00756. The molecular formula is C28H33ClF3N3O4S. The number of aliphatic hydroxyl groups excluding tert-OH is 1. The number of benzene rings is 1. The van der Waals surface area contributed by atoms with Gasteiger partial charge in [0.25, 0.3) is 0 Å². The number of amides is 3. The molecule has 0 aliphatic carbocycles. The van der Waals surface area contributed by atoms with E-state index in [-0.39, 0.29) is 46.7 Å². The Morgan fingerprint density at radius 2 is 1.77 bits per heavy atom. The molecule has 2 aliphatic heterocycles. The first-order chi connectivity index (χ1) is 18.9. The van der Waals surface area contributed by atoms with Crippen molar-refractivity contribution in [1.29, 1.82) is 0 Å². The number of rotatable bonds is 6. The van der Waals surface area contributed by atoms with Crippen LogP contribution in [0.1, 0.15) is 46.7 Å². The van der Waals surface area contributed by atoms with Gasteiger partial charge < -0.3 is 19.8 Å². The summed E-state index contributed by atoms with van der Waals surface area (Å²) in [5.74, 6) is -1.42. The molecular weight excluding hydrogens is 567 g/mol. The van der Waals surface area contributed by atoms with Crippen molar-refractivity contribution in [2.45, 2.75) is 44.8 Å².